The normalized spacial score (nSPS) is 15.8. The molecule has 1 fully saturated rings. The molecule has 4 rings (SSSR count). The number of halogens is 1. The number of benzene rings is 2. The van der Waals surface area contributed by atoms with Gasteiger partial charge in [0.2, 0.25) is 0 Å². The second-order valence-electron chi connectivity index (χ2n) is 7.70. The summed E-state index contributed by atoms with van der Waals surface area (Å²) in [4.78, 5) is 4.95. The summed E-state index contributed by atoms with van der Waals surface area (Å²) in [5, 5.41) is 12.6. The van der Waals surface area contributed by atoms with Crippen molar-refractivity contribution in [1.82, 2.24) is 30.0 Å². The molecule has 0 radical (unpaired) electrons. The van der Waals surface area contributed by atoms with Crippen molar-refractivity contribution >= 4 is 12.4 Å². The number of para-hydroxylation sites is 1. The molecule has 0 N–H and O–H groups in total. The summed E-state index contributed by atoms with van der Waals surface area (Å²) >= 11 is 0. The highest BCUT2D eigenvalue weighted by Crippen LogP contribution is 2.34. The number of ether oxygens (including phenoxy) is 2. The number of piperazine rings is 1. The average Bonchev–Trinajstić information content (AvgIpc) is 3.28. The van der Waals surface area contributed by atoms with Crippen LogP contribution in [0.5, 0.6) is 5.75 Å². The zero-order chi connectivity index (χ0) is 21.5. The molecule has 0 aliphatic carbocycles. The van der Waals surface area contributed by atoms with Gasteiger partial charge in [0.25, 0.3) is 0 Å². The van der Waals surface area contributed by atoms with Crippen molar-refractivity contribution in [3.63, 3.8) is 0 Å². The average molecular weight is 459 g/mol. The van der Waals surface area contributed by atoms with E-state index in [9.17, 15) is 0 Å². The molecular formula is C23H31ClN6O2. The molecule has 9 heteroatoms. The maximum atomic E-state index is 5.70. The Balaban J connectivity index is 0.00000289. The number of hydrogen-bond donors (Lipinski definition) is 0. The van der Waals surface area contributed by atoms with Gasteiger partial charge in [0, 0.05) is 45.4 Å². The van der Waals surface area contributed by atoms with Crippen LogP contribution < -0.4 is 4.74 Å². The number of aromatic nitrogens is 4. The van der Waals surface area contributed by atoms with E-state index in [-0.39, 0.29) is 18.4 Å². The van der Waals surface area contributed by atoms with Crippen LogP contribution >= 0.6 is 12.4 Å². The zero-order valence-electron chi connectivity index (χ0n) is 18.6. The fraction of sp³-hybridized carbons (Fsp3) is 0.435. The molecule has 2 heterocycles. The van der Waals surface area contributed by atoms with E-state index in [1.165, 1.54) is 5.56 Å². The molecule has 32 heavy (non-hydrogen) atoms. The van der Waals surface area contributed by atoms with Crippen molar-refractivity contribution in [2.24, 2.45) is 0 Å². The van der Waals surface area contributed by atoms with Crippen LogP contribution in [0.25, 0.3) is 0 Å². The molecule has 172 valence electrons. The number of rotatable bonds is 9. The van der Waals surface area contributed by atoms with E-state index in [1.54, 1.807) is 14.2 Å². The Morgan fingerprint density at radius 1 is 0.938 bits per heavy atom. The Labute approximate surface area is 195 Å². The quantitative estimate of drug-likeness (QED) is 0.488. The second kappa shape index (κ2) is 11.9. The van der Waals surface area contributed by atoms with E-state index in [1.807, 2.05) is 22.9 Å². The van der Waals surface area contributed by atoms with Crippen LogP contribution in [0.2, 0.25) is 0 Å². The Bertz CT molecular complexity index is 946. The van der Waals surface area contributed by atoms with Gasteiger partial charge >= 0.3 is 0 Å². The number of nitrogens with zero attached hydrogens (tertiary/aromatic N) is 6. The summed E-state index contributed by atoms with van der Waals surface area (Å²) in [7, 11) is 3.40. The maximum absolute atomic E-state index is 5.70. The van der Waals surface area contributed by atoms with Gasteiger partial charge in [-0.05, 0) is 22.1 Å². The standard InChI is InChI=1S/C23H30N6O2.ClH/c1-30-17-16-29-23(24-25-26-29)22(20-10-6-7-11-21(20)31-2)28-14-12-27(13-15-28)18-19-8-4-3-5-9-19;/h3-11,22H,12-18H2,1-2H3;1H. The van der Waals surface area contributed by atoms with Crippen LogP contribution in [0.3, 0.4) is 0 Å². The SMILES string of the molecule is COCCn1nnnc1C(c1ccccc1OC)N1CCN(Cc2ccccc2)CC1.Cl. The largest absolute Gasteiger partial charge is 0.496 e. The van der Waals surface area contributed by atoms with Gasteiger partial charge in [-0.1, -0.05) is 48.5 Å². The third-order valence-corrected chi connectivity index (χ3v) is 5.77. The first-order valence-corrected chi connectivity index (χ1v) is 10.7. The molecule has 0 saturated carbocycles. The summed E-state index contributed by atoms with van der Waals surface area (Å²) < 4.78 is 12.8. The van der Waals surface area contributed by atoms with E-state index in [0.717, 1.165) is 49.9 Å². The smallest absolute Gasteiger partial charge is 0.173 e. The molecule has 0 spiro atoms. The predicted octanol–water partition coefficient (Wildman–Crippen LogP) is 2.66. The summed E-state index contributed by atoms with van der Waals surface area (Å²) in [5.74, 6) is 1.67. The van der Waals surface area contributed by atoms with E-state index in [2.05, 4.69) is 61.7 Å². The van der Waals surface area contributed by atoms with Gasteiger partial charge in [-0.15, -0.1) is 17.5 Å². The molecule has 1 atom stereocenters. The zero-order valence-corrected chi connectivity index (χ0v) is 19.4. The lowest BCUT2D eigenvalue weighted by atomic mass is 10.0. The van der Waals surface area contributed by atoms with Gasteiger partial charge in [-0.25, -0.2) is 4.68 Å². The van der Waals surface area contributed by atoms with Gasteiger partial charge in [-0.2, -0.15) is 0 Å². The Morgan fingerprint density at radius 3 is 2.38 bits per heavy atom. The predicted molar refractivity (Wildman–Crippen MR) is 125 cm³/mol. The molecule has 3 aromatic rings. The molecule has 2 aromatic carbocycles. The van der Waals surface area contributed by atoms with E-state index < -0.39 is 0 Å². The van der Waals surface area contributed by atoms with Gasteiger partial charge in [0.1, 0.15) is 11.8 Å². The first kappa shape index (κ1) is 24.1. The number of tetrazole rings is 1. The van der Waals surface area contributed by atoms with Crippen molar-refractivity contribution in [2.75, 3.05) is 47.0 Å². The molecule has 1 aliphatic rings. The molecular weight excluding hydrogens is 428 g/mol. The third kappa shape index (κ3) is 5.63. The fourth-order valence-electron chi connectivity index (χ4n) is 4.16. The Kier molecular flexibility index (Phi) is 8.99. The minimum atomic E-state index is -0.0816. The van der Waals surface area contributed by atoms with Crippen molar-refractivity contribution in [2.45, 2.75) is 19.1 Å². The van der Waals surface area contributed by atoms with Crippen LogP contribution in [0, 0.1) is 0 Å². The van der Waals surface area contributed by atoms with Gasteiger partial charge in [0.15, 0.2) is 5.82 Å². The molecule has 0 bridgehead atoms. The summed E-state index contributed by atoms with van der Waals surface area (Å²) in [6.07, 6.45) is 0. The number of methoxy groups -OCH3 is 2. The molecule has 1 unspecified atom stereocenters. The second-order valence-corrected chi connectivity index (χ2v) is 7.70. The van der Waals surface area contributed by atoms with E-state index in [0.29, 0.717) is 13.2 Å². The first-order valence-electron chi connectivity index (χ1n) is 10.7. The third-order valence-electron chi connectivity index (χ3n) is 5.77. The van der Waals surface area contributed by atoms with Gasteiger partial charge < -0.3 is 9.47 Å². The maximum Gasteiger partial charge on any atom is 0.173 e. The van der Waals surface area contributed by atoms with Crippen LogP contribution in [0.4, 0.5) is 0 Å². The van der Waals surface area contributed by atoms with Crippen LogP contribution in [-0.4, -0.2) is 77.0 Å². The lowest BCUT2D eigenvalue weighted by Gasteiger charge is -2.39. The van der Waals surface area contributed by atoms with Gasteiger partial charge in [0.05, 0.1) is 20.3 Å². The van der Waals surface area contributed by atoms with Gasteiger partial charge in [-0.3, -0.25) is 9.80 Å². The fourth-order valence-corrected chi connectivity index (χ4v) is 4.16. The van der Waals surface area contributed by atoms with Crippen LogP contribution in [0.15, 0.2) is 54.6 Å². The Morgan fingerprint density at radius 2 is 1.66 bits per heavy atom. The Hall–Kier alpha value is -2.52. The minimum Gasteiger partial charge on any atom is -0.496 e. The molecule has 1 aliphatic heterocycles. The first-order chi connectivity index (χ1) is 15.3. The highest BCUT2D eigenvalue weighted by atomic mass is 35.5. The lowest BCUT2D eigenvalue weighted by molar-refractivity contribution is 0.0979. The van der Waals surface area contributed by atoms with E-state index >= 15 is 0 Å². The summed E-state index contributed by atoms with van der Waals surface area (Å²) in [6, 6.07) is 18.7. The van der Waals surface area contributed by atoms with Crippen LogP contribution in [0.1, 0.15) is 23.0 Å². The monoisotopic (exact) mass is 458 g/mol. The molecule has 1 aromatic heterocycles. The molecule has 0 amide bonds. The van der Waals surface area contributed by atoms with Crippen molar-refractivity contribution < 1.29 is 9.47 Å². The highest BCUT2D eigenvalue weighted by molar-refractivity contribution is 5.85. The minimum absolute atomic E-state index is 0. The van der Waals surface area contributed by atoms with E-state index in [4.69, 9.17) is 9.47 Å². The molecule has 1 saturated heterocycles. The topological polar surface area (TPSA) is 68.5 Å². The summed E-state index contributed by atoms with van der Waals surface area (Å²) in [6.45, 7) is 5.96. The summed E-state index contributed by atoms with van der Waals surface area (Å²) in [5.41, 5.74) is 2.43. The van der Waals surface area contributed by atoms with Crippen molar-refractivity contribution in [1.29, 1.82) is 0 Å². The van der Waals surface area contributed by atoms with Crippen molar-refractivity contribution in [3.8, 4) is 5.75 Å². The highest BCUT2D eigenvalue weighted by Gasteiger charge is 2.32. The van der Waals surface area contributed by atoms with Crippen LogP contribution in [-0.2, 0) is 17.8 Å². The number of hydrogen-bond acceptors (Lipinski definition) is 7. The molecule has 8 nitrogen and oxygen atoms in total. The lowest BCUT2D eigenvalue weighted by Crippen LogP contribution is -2.48. The van der Waals surface area contributed by atoms with Crippen molar-refractivity contribution in [3.05, 3.63) is 71.5 Å².